The summed E-state index contributed by atoms with van der Waals surface area (Å²) >= 11 is 0. The summed E-state index contributed by atoms with van der Waals surface area (Å²) < 4.78 is 33.9. The molecule has 0 heterocycles. The molecule has 0 spiro atoms. The van der Waals surface area contributed by atoms with Crippen molar-refractivity contribution in [2.45, 2.75) is 136 Å². The molecule has 0 saturated carbocycles. The van der Waals surface area contributed by atoms with E-state index in [4.69, 9.17) is 18.5 Å². The number of allylic oxidation sites excluding steroid dienone is 4. The van der Waals surface area contributed by atoms with Crippen LogP contribution >= 0.6 is 7.82 Å². The van der Waals surface area contributed by atoms with Gasteiger partial charge in [0.15, 0.2) is 6.10 Å². The van der Waals surface area contributed by atoms with Crippen molar-refractivity contribution in [2.75, 3.05) is 47.5 Å². The van der Waals surface area contributed by atoms with E-state index in [0.717, 1.165) is 83.5 Å². The second-order valence-electron chi connectivity index (χ2n) is 12.5. The molecule has 0 aliphatic heterocycles. The molecule has 0 aromatic heterocycles. The molecule has 0 aromatic rings. The molecule has 9 nitrogen and oxygen atoms in total. The lowest BCUT2D eigenvalue weighted by molar-refractivity contribution is -0.870. The maximum Gasteiger partial charge on any atom is 0.472 e. The van der Waals surface area contributed by atoms with Crippen LogP contribution in [0.3, 0.4) is 0 Å². The van der Waals surface area contributed by atoms with Crippen molar-refractivity contribution in [1.29, 1.82) is 0 Å². The largest absolute Gasteiger partial charge is 0.472 e. The predicted molar refractivity (Wildman–Crippen MR) is 178 cm³/mol. The van der Waals surface area contributed by atoms with E-state index >= 15 is 0 Å². The third-order valence-electron chi connectivity index (χ3n) is 6.92. The number of phosphoric ester groups is 1. The molecule has 0 amide bonds. The predicted octanol–water partition coefficient (Wildman–Crippen LogP) is 8.46. The van der Waals surface area contributed by atoms with Gasteiger partial charge in [-0.1, -0.05) is 89.5 Å². The summed E-state index contributed by atoms with van der Waals surface area (Å²) in [7, 11) is 1.46. The Bertz CT molecular complexity index is 825. The summed E-state index contributed by atoms with van der Waals surface area (Å²) in [5.74, 6) is -0.829. The van der Waals surface area contributed by atoms with Crippen molar-refractivity contribution in [3.8, 4) is 0 Å². The maximum atomic E-state index is 12.5. The van der Waals surface area contributed by atoms with Crippen molar-refractivity contribution in [2.24, 2.45) is 0 Å². The summed E-state index contributed by atoms with van der Waals surface area (Å²) in [4.78, 5) is 34.9. The van der Waals surface area contributed by atoms with E-state index in [1.54, 1.807) is 0 Å². The maximum absolute atomic E-state index is 12.5. The molecule has 1 N–H and O–H groups in total. The Balaban J connectivity index is 4.53. The van der Waals surface area contributed by atoms with E-state index in [9.17, 15) is 19.0 Å². The van der Waals surface area contributed by atoms with Crippen LogP contribution in [0.4, 0.5) is 0 Å². The van der Waals surface area contributed by atoms with Crippen LogP contribution in [0.5, 0.6) is 0 Å². The molecular formula is C34H65NO8P+. The molecule has 0 radical (unpaired) electrons. The highest BCUT2D eigenvalue weighted by atomic mass is 31.2. The molecule has 258 valence electrons. The van der Waals surface area contributed by atoms with Gasteiger partial charge in [-0.05, 0) is 51.4 Å². The minimum absolute atomic E-state index is 0.0291. The van der Waals surface area contributed by atoms with Crippen LogP contribution in [0.2, 0.25) is 0 Å². The number of likely N-dealkylation sites (N-methyl/N-ethyl adjacent to an activating group) is 1. The first-order chi connectivity index (χ1) is 21.0. The van der Waals surface area contributed by atoms with Gasteiger partial charge in [-0.25, -0.2) is 4.57 Å². The molecule has 0 fully saturated rings. The number of ether oxygens (including phenoxy) is 2. The highest BCUT2D eigenvalue weighted by Crippen LogP contribution is 2.43. The fourth-order valence-electron chi connectivity index (χ4n) is 4.19. The number of carbonyl (C=O) groups excluding carboxylic acids is 2. The molecule has 0 aliphatic rings. The molecule has 0 aromatic carbocycles. The zero-order valence-electron chi connectivity index (χ0n) is 28.6. The Labute approximate surface area is 268 Å². The quantitative estimate of drug-likeness (QED) is 0.0272. The minimum atomic E-state index is -4.36. The van der Waals surface area contributed by atoms with Gasteiger partial charge in [-0.3, -0.25) is 18.6 Å². The molecule has 44 heavy (non-hydrogen) atoms. The normalized spacial score (nSPS) is 14.2. The Kier molecular flexibility index (Phi) is 26.8. The number of hydrogen-bond acceptors (Lipinski definition) is 7. The lowest BCUT2D eigenvalue weighted by atomic mass is 10.1. The van der Waals surface area contributed by atoms with E-state index in [1.807, 2.05) is 21.1 Å². The van der Waals surface area contributed by atoms with Gasteiger partial charge in [-0.15, -0.1) is 0 Å². The van der Waals surface area contributed by atoms with E-state index in [-0.39, 0.29) is 32.0 Å². The Morgan fingerprint density at radius 2 is 1.16 bits per heavy atom. The van der Waals surface area contributed by atoms with Gasteiger partial charge >= 0.3 is 19.8 Å². The van der Waals surface area contributed by atoms with E-state index in [2.05, 4.69) is 38.2 Å². The lowest BCUT2D eigenvalue weighted by Gasteiger charge is -2.24. The van der Waals surface area contributed by atoms with Crippen molar-refractivity contribution in [3.05, 3.63) is 24.3 Å². The van der Waals surface area contributed by atoms with Gasteiger partial charge in [0.1, 0.15) is 19.8 Å². The van der Waals surface area contributed by atoms with Crippen LogP contribution in [-0.4, -0.2) is 74.9 Å². The van der Waals surface area contributed by atoms with Crippen LogP contribution < -0.4 is 0 Å². The monoisotopic (exact) mass is 646 g/mol. The first-order valence-electron chi connectivity index (χ1n) is 17.1. The zero-order chi connectivity index (χ0) is 32.9. The third kappa shape index (κ3) is 30.5. The second-order valence-corrected chi connectivity index (χ2v) is 14.0. The van der Waals surface area contributed by atoms with Crippen molar-refractivity contribution in [1.82, 2.24) is 0 Å². The summed E-state index contributed by atoms with van der Waals surface area (Å²) in [6, 6.07) is 0. The fourth-order valence-corrected chi connectivity index (χ4v) is 4.93. The van der Waals surface area contributed by atoms with Crippen LogP contribution in [0.15, 0.2) is 24.3 Å². The summed E-state index contributed by atoms with van der Waals surface area (Å²) in [5, 5.41) is 0. The average molecular weight is 647 g/mol. The highest BCUT2D eigenvalue weighted by Gasteiger charge is 2.27. The molecule has 0 rings (SSSR count). The van der Waals surface area contributed by atoms with Gasteiger partial charge in [0.2, 0.25) is 0 Å². The first kappa shape index (κ1) is 42.5. The Hall–Kier alpha value is -1.51. The summed E-state index contributed by atoms with van der Waals surface area (Å²) in [6.45, 7) is 4.24. The number of esters is 2. The summed E-state index contributed by atoms with van der Waals surface area (Å²) in [5.41, 5.74) is 0. The molecule has 10 heteroatoms. The lowest BCUT2D eigenvalue weighted by Crippen LogP contribution is -2.37. The molecule has 0 saturated heterocycles. The average Bonchev–Trinajstić information content (AvgIpc) is 2.95. The molecule has 0 aliphatic carbocycles. The van der Waals surface area contributed by atoms with Crippen molar-refractivity contribution < 1.29 is 42.1 Å². The van der Waals surface area contributed by atoms with Crippen molar-refractivity contribution >= 4 is 19.8 Å². The van der Waals surface area contributed by atoms with Crippen LogP contribution in [-0.2, 0) is 32.7 Å². The number of carbonyl (C=O) groups is 2. The summed E-state index contributed by atoms with van der Waals surface area (Å²) in [6.07, 6.45) is 25.2. The SMILES string of the molecule is CCC/C=C\CCCCCCCC(=O)OCC(COP(=O)(O)OCC[N+](C)(C)C)OC(=O)CCCCCCC/C=C\CCC. The van der Waals surface area contributed by atoms with Crippen molar-refractivity contribution in [3.63, 3.8) is 0 Å². The number of rotatable bonds is 30. The Morgan fingerprint density at radius 1 is 0.682 bits per heavy atom. The van der Waals surface area contributed by atoms with E-state index in [1.165, 1.54) is 12.8 Å². The standard InChI is InChI=1S/C34H64NO8P/c1-6-8-10-12-14-16-18-20-22-24-26-33(36)40-30-32(31-42-44(38,39)41-29-28-35(3,4)5)43-34(37)27-25-23-21-19-17-15-13-11-9-7-2/h10-13,32H,6-9,14-31H2,1-5H3/p+1/b12-10-,13-11-. The first-order valence-corrected chi connectivity index (χ1v) is 18.6. The van der Waals surface area contributed by atoms with Gasteiger partial charge in [-0.2, -0.15) is 0 Å². The number of nitrogens with zero attached hydrogens (tertiary/aromatic N) is 1. The topological polar surface area (TPSA) is 108 Å². The Morgan fingerprint density at radius 3 is 1.68 bits per heavy atom. The number of unbranched alkanes of at least 4 members (excludes halogenated alkanes) is 12. The van der Waals surface area contributed by atoms with Crippen LogP contribution in [0.25, 0.3) is 0 Å². The van der Waals surface area contributed by atoms with Crippen LogP contribution in [0, 0.1) is 0 Å². The number of quaternary nitrogens is 1. The molecule has 2 atom stereocenters. The van der Waals surface area contributed by atoms with Crippen LogP contribution in [0.1, 0.15) is 129 Å². The second kappa shape index (κ2) is 27.8. The van der Waals surface area contributed by atoms with Gasteiger partial charge in [0.05, 0.1) is 27.7 Å². The molecule has 0 bridgehead atoms. The smallest absolute Gasteiger partial charge is 0.462 e. The molecular weight excluding hydrogens is 581 g/mol. The fraction of sp³-hybridized carbons (Fsp3) is 0.824. The number of hydrogen-bond donors (Lipinski definition) is 1. The van der Waals surface area contributed by atoms with E-state index in [0.29, 0.717) is 17.4 Å². The zero-order valence-corrected chi connectivity index (χ0v) is 29.5. The van der Waals surface area contributed by atoms with Gasteiger partial charge in [0, 0.05) is 12.8 Å². The number of phosphoric acid groups is 1. The van der Waals surface area contributed by atoms with E-state index < -0.39 is 26.5 Å². The third-order valence-corrected chi connectivity index (χ3v) is 7.90. The van der Waals surface area contributed by atoms with Gasteiger partial charge in [0.25, 0.3) is 0 Å². The minimum Gasteiger partial charge on any atom is -0.462 e. The molecule has 2 unspecified atom stereocenters. The van der Waals surface area contributed by atoms with Gasteiger partial charge < -0.3 is 18.9 Å². The highest BCUT2D eigenvalue weighted by molar-refractivity contribution is 7.47.